The topological polar surface area (TPSA) is 79.7 Å². The Morgan fingerprint density at radius 1 is 1.06 bits per heavy atom. The highest BCUT2D eigenvalue weighted by molar-refractivity contribution is 5.79. The van der Waals surface area contributed by atoms with E-state index in [0.717, 1.165) is 35.1 Å². The smallest absolute Gasteiger partial charge is 0.252 e. The molecule has 1 aromatic carbocycles. The fourth-order valence-electron chi connectivity index (χ4n) is 6.19. The van der Waals surface area contributed by atoms with Crippen LogP contribution < -0.4 is 5.56 Å². The molecule has 2 aromatic heterocycles. The van der Waals surface area contributed by atoms with Gasteiger partial charge in [-0.15, -0.1) is 5.10 Å². The van der Waals surface area contributed by atoms with E-state index in [2.05, 4.69) is 63.0 Å². The molecule has 5 rings (SSSR count). The number of rotatable bonds is 7. The molecule has 182 valence electrons. The molecule has 0 saturated heterocycles. The summed E-state index contributed by atoms with van der Waals surface area (Å²) in [5, 5.41) is 14.3. The monoisotopic (exact) mass is 462 g/mol. The van der Waals surface area contributed by atoms with Gasteiger partial charge in [0.05, 0.1) is 12.1 Å². The number of aryl methyl sites for hydroxylation is 1. The zero-order valence-electron chi connectivity index (χ0n) is 20.8. The summed E-state index contributed by atoms with van der Waals surface area (Å²) >= 11 is 0. The van der Waals surface area contributed by atoms with Gasteiger partial charge in [0, 0.05) is 23.7 Å². The molecule has 7 nitrogen and oxygen atoms in total. The molecule has 2 fully saturated rings. The van der Waals surface area contributed by atoms with Crippen LogP contribution in [0.1, 0.15) is 101 Å². The number of nitrogens with one attached hydrogen (secondary N) is 1. The van der Waals surface area contributed by atoms with Crippen molar-refractivity contribution in [1.82, 2.24) is 30.1 Å². The van der Waals surface area contributed by atoms with E-state index in [1.54, 1.807) is 0 Å². The summed E-state index contributed by atoms with van der Waals surface area (Å²) in [7, 11) is 0. The van der Waals surface area contributed by atoms with E-state index < -0.39 is 0 Å². The Morgan fingerprint density at radius 3 is 2.53 bits per heavy atom. The van der Waals surface area contributed by atoms with Crippen molar-refractivity contribution in [2.75, 3.05) is 0 Å². The predicted molar refractivity (Wildman–Crippen MR) is 135 cm³/mol. The first-order valence-electron chi connectivity index (χ1n) is 13.2. The molecule has 0 aliphatic heterocycles. The van der Waals surface area contributed by atoms with Gasteiger partial charge in [0.25, 0.3) is 5.56 Å². The average molecular weight is 463 g/mol. The molecule has 0 radical (unpaired) electrons. The summed E-state index contributed by atoms with van der Waals surface area (Å²) in [5.41, 5.74) is 2.93. The number of tetrazole rings is 1. The molecular formula is C27H38N6O. The molecule has 34 heavy (non-hydrogen) atoms. The van der Waals surface area contributed by atoms with Gasteiger partial charge in [0.1, 0.15) is 0 Å². The minimum atomic E-state index is 0.00808. The number of aromatic nitrogens is 5. The Morgan fingerprint density at radius 2 is 1.79 bits per heavy atom. The van der Waals surface area contributed by atoms with Crippen LogP contribution in [0.5, 0.6) is 0 Å². The maximum atomic E-state index is 13.1. The predicted octanol–water partition coefficient (Wildman–Crippen LogP) is 5.47. The lowest BCUT2D eigenvalue weighted by molar-refractivity contribution is 0.0815. The van der Waals surface area contributed by atoms with Gasteiger partial charge in [0.15, 0.2) is 5.82 Å². The third kappa shape index (κ3) is 4.67. The highest BCUT2D eigenvalue weighted by Gasteiger charge is 2.36. The summed E-state index contributed by atoms with van der Waals surface area (Å²) in [6.45, 7) is 7.24. The first kappa shape index (κ1) is 23.2. The van der Waals surface area contributed by atoms with Gasteiger partial charge >= 0.3 is 0 Å². The minimum Gasteiger partial charge on any atom is -0.322 e. The zero-order chi connectivity index (χ0) is 23.7. The Hall–Kier alpha value is -2.54. The average Bonchev–Trinajstić information content (AvgIpc) is 3.52. The lowest BCUT2D eigenvalue weighted by atomic mass is 9.94. The van der Waals surface area contributed by atoms with E-state index >= 15 is 0 Å². The molecule has 2 aliphatic rings. The Balaban J connectivity index is 1.54. The maximum absolute atomic E-state index is 13.1. The molecule has 3 aromatic rings. The standard InChI is InChI=1S/C27H38N6O/c1-18(2)25(26-29-30-31-33(26)23-11-5-4-6-12-23)32(22-9-7-8-10-22)17-21-16-20-15-19(3)13-14-24(20)28-27(21)34/h13-16,18,22-23,25H,4-12,17H2,1-3H3,(H,28,34)/t25-/m0/s1. The molecular weight excluding hydrogens is 424 g/mol. The number of fused-ring (bicyclic) bond motifs is 1. The first-order chi connectivity index (χ1) is 16.5. The first-order valence-corrected chi connectivity index (χ1v) is 13.2. The fourth-order valence-corrected chi connectivity index (χ4v) is 6.19. The van der Waals surface area contributed by atoms with Gasteiger partial charge in [-0.25, -0.2) is 4.68 Å². The number of H-pyrrole nitrogens is 1. The molecule has 1 N–H and O–H groups in total. The molecule has 0 spiro atoms. The van der Waals surface area contributed by atoms with Crippen molar-refractivity contribution < 1.29 is 0 Å². The maximum Gasteiger partial charge on any atom is 0.252 e. The van der Waals surface area contributed by atoms with Crippen LogP contribution >= 0.6 is 0 Å². The van der Waals surface area contributed by atoms with Crippen LogP contribution in [0.15, 0.2) is 29.1 Å². The Kier molecular flexibility index (Phi) is 6.82. The minimum absolute atomic E-state index is 0.00808. The summed E-state index contributed by atoms with van der Waals surface area (Å²) < 4.78 is 2.12. The van der Waals surface area contributed by atoms with Crippen LogP contribution in [0.25, 0.3) is 10.9 Å². The molecule has 0 unspecified atom stereocenters. The molecule has 0 amide bonds. The van der Waals surface area contributed by atoms with Gasteiger partial charge in [0.2, 0.25) is 0 Å². The van der Waals surface area contributed by atoms with Gasteiger partial charge < -0.3 is 4.98 Å². The highest BCUT2D eigenvalue weighted by Crippen LogP contribution is 2.38. The molecule has 2 aliphatic carbocycles. The van der Waals surface area contributed by atoms with E-state index in [9.17, 15) is 4.79 Å². The number of hydrogen-bond acceptors (Lipinski definition) is 5. The fraction of sp³-hybridized carbons (Fsp3) is 0.630. The highest BCUT2D eigenvalue weighted by atomic mass is 16.1. The van der Waals surface area contributed by atoms with Crippen LogP contribution in [-0.2, 0) is 6.54 Å². The van der Waals surface area contributed by atoms with Crippen LogP contribution in [0.2, 0.25) is 0 Å². The molecule has 1 atom stereocenters. The normalized spacial score (nSPS) is 19.0. The SMILES string of the molecule is Cc1ccc2[nH]c(=O)c(CN(C3CCCC3)[C@H](c3nnnn3C3CCCCC3)C(C)C)cc2c1. The van der Waals surface area contributed by atoms with Gasteiger partial charge in [-0.3, -0.25) is 9.69 Å². The van der Waals surface area contributed by atoms with Crippen molar-refractivity contribution >= 4 is 10.9 Å². The van der Waals surface area contributed by atoms with E-state index in [0.29, 0.717) is 24.5 Å². The molecule has 2 saturated carbocycles. The summed E-state index contributed by atoms with van der Waals surface area (Å²) in [5.74, 6) is 1.30. The van der Waals surface area contributed by atoms with Crippen molar-refractivity contribution in [1.29, 1.82) is 0 Å². The number of nitrogens with zero attached hydrogens (tertiary/aromatic N) is 5. The van der Waals surface area contributed by atoms with Gasteiger partial charge in [-0.1, -0.05) is 57.6 Å². The van der Waals surface area contributed by atoms with Gasteiger partial charge in [-0.05, 0) is 72.5 Å². The third-order valence-corrected chi connectivity index (χ3v) is 7.92. The van der Waals surface area contributed by atoms with Gasteiger partial charge in [-0.2, -0.15) is 0 Å². The quantitative estimate of drug-likeness (QED) is 0.504. The molecule has 7 heteroatoms. The van der Waals surface area contributed by atoms with Crippen LogP contribution in [0.4, 0.5) is 0 Å². The second-order valence-corrected chi connectivity index (χ2v) is 10.8. The Labute approximate surface area is 201 Å². The van der Waals surface area contributed by atoms with Crippen molar-refractivity contribution in [3.8, 4) is 0 Å². The van der Waals surface area contributed by atoms with E-state index in [4.69, 9.17) is 0 Å². The largest absolute Gasteiger partial charge is 0.322 e. The molecule has 2 heterocycles. The van der Waals surface area contributed by atoms with E-state index in [1.165, 1.54) is 50.5 Å². The number of hydrogen-bond donors (Lipinski definition) is 1. The zero-order valence-corrected chi connectivity index (χ0v) is 20.8. The van der Waals surface area contributed by atoms with E-state index in [-0.39, 0.29) is 11.6 Å². The van der Waals surface area contributed by atoms with Crippen molar-refractivity contribution in [3.63, 3.8) is 0 Å². The van der Waals surface area contributed by atoms with Crippen LogP contribution in [-0.4, -0.2) is 36.1 Å². The van der Waals surface area contributed by atoms with Crippen molar-refractivity contribution in [2.24, 2.45) is 5.92 Å². The molecule has 0 bridgehead atoms. The third-order valence-electron chi connectivity index (χ3n) is 7.92. The van der Waals surface area contributed by atoms with Crippen LogP contribution in [0.3, 0.4) is 0 Å². The van der Waals surface area contributed by atoms with Crippen molar-refractivity contribution in [2.45, 2.75) is 103 Å². The lowest BCUT2D eigenvalue weighted by Gasteiger charge is -2.38. The lowest BCUT2D eigenvalue weighted by Crippen LogP contribution is -2.41. The second kappa shape index (κ2) is 9.98. The van der Waals surface area contributed by atoms with E-state index in [1.807, 2.05) is 12.1 Å². The Bertz CT molecular complexity index is 1170. The number of benzene rings is 1. The number of aromatic amines is 1. The second-order valence-electron chi connectivity index (χ2n) is 10.8. The number of pyridine rings is 1. The summed E-state index contributed by atoms with van der Waals surface area (Å²) in [4.78, 5) is 18.8. The van der Waals surface area contributed by atoms with Crippen molar-refractivity contribution in [3.05, 3.63) is 51.6 Å². The summed E-state index contributed by atoms with van der Waals surface area (Å²) in [6, 6.07) is 9.19. The van der Waals surface area contributed by atoms with Crippen LogP contribution in [0, 0.1) is 12.8 Å². The summed E-state index contributed by atoms with van der Waals surface area (Å²) in [6.07, 6.45) is 10.9.